The Kier molecular flexibility index (Phi) is 5.56. The number of nitrogens with one attached hydrogen (secondary N) is 1. The second-order valence-electron chi connectivity index (χ2n) is 8.59. The van der Waals surface area contributed by atoms with Crippen LogP contribution in [-0.2, 0) is 5.54 Å². The smallest absolute Gasteiger partial charge is 0.214 e. The van der Waals surface area contributed by atoms with E-state index in [1.807, 2.05) is 22.9 Å². The van der Waals surface area contributed by atoms with Crippen LogP contribution >= 0.6 is 11.6 Å². The van der Waals surface area contributed by atoms with Gasteiger partial charge < -0.3 is 9.80 Å². The van der Waals surface area contributed by atoms with Gasteiger partial charge in [-0.1, -0.05) is 48.0 Å². The number of anilines is 1. The Bertz CT molecular complexity index is 941. The molecular formula is C22H28ClN6+. The summed E-state index contributed by atoms with van der Waals surface area (Å²) in [5, 5.41) is 13.6. The Morgan fingerprint density at radius 1 is 1.00 bits per heavy atom. The molecule has 7 heteroatoms. The quantitative estimate of drug-likeness (QED) is 0.717. The van der Waals surface area contributed by atoms with E-state index in [4.69, 9.17) is 11.6 Å². The molecule has 1 aliphatic rings. The molecule has 1 aliphatic heterocycles. The van der Waals surface area contributed by atoms with E-state index in [-0.39, 0.29) is 11.6 Å². The average Bonchev–Trinajstić information content (AvgIpc) is 3.20. The highest BCUT2D eigenvalue weighted by atomic mass is 35.5. The Hall–Kier alpha value is -2.44. The Morgan fingerprint density at radius 2 is 1.72 bits per heavy atom. The summed E-state index contributed by atoms with van der Waals surface area (Å²) in [6, 6.07) is 18.8. The number of aromatic nitrogens is 4. The van der Waals surface area contributed by atoms with Crippen molar-refractivity contribution < 1.29 is 4.90 Å². The molecule has 0 aliphatic carbocycles. The summed E-state index contributed by atoms with van der Waals surface area (Å²) in [6.45, 7) is 10.4. The van der Waals surface area contributed by atoms with E-state index in [9.17, 15) is 0 Å². The molecule has 0 bridgehead atoms. The summed E-state index contributed by atoms with van der Waals surface area (Å²) in [6.07, 6.45) is 0. The van der Waals surface area contributed by atoms with E-state index in [2.05, 4.69) is 77.6 Å². The van der Waals surface area contributed by atoms with Crippen LogP contribution in [0.3, 0.4) is 0 Å². The summed E-state index contributed by atoms with van der Waals surface area (Å²) in [5.41, 5.74) is 2.26. The zero-order valence-corrected chi connectivity index (χ0v) is 18.0. The summed E-state index contributed by atoms with van der Waals surface area (Å²) in [7, 11) is 0. The highest BCUT2D eigenvalue weighted by molar-refractivity contribution is 6.30. The molecule has 1 fully saturated rings. The third-order valence-corrected chi connectivity index (χ3v) is 5.74. The van der Waals surface area contributed by atoms with Crippen molar-refractivity contribution in [1.82, 2.24) is 20.2 Å². The molecule has 0 amide bonds. The van der Waals surface area contributed by atoms with Crippen LogP contribution in [0.5, 0.6) is 0 Å². The number of halogens is 1. The third kappa shape index (κ3) is 4.28. The number of rotatable bonds is 4. The second-order valence-corrected chi connectivity index (χ2v) is 9.03. The molecule has 0 radical (unpaired) electrons. The first-order valence-corrected chi connectivity index (χ1v) is 10.5. The summed E-state index contributed by atoms with van der Waals surface area (Å²) in [5.74, 6) is 0.926. The van der Waals surface area contributed by atoms with E-state index in [0.29, 0.717) is 0 Å². The van der Waals surface area contributed by atoms with Crippen LogP contribution in [0.4, 0.5) is 5.69 Å². The topological polar surface area (TPSA) is 51.3 Å². The number of tetrazole rings is 1. The standard InChI is InChI=1S/C22H27ClN6/c1-22(2,3)29-21(24-25-26-29)20(17-8-5-4-6-9-17)28-14-12-27(13-15-28)19-11-7-10-18(23)16-19/h4-11,16,20H,12-15H2,1-3H3/p+1/t20-/m0/s1. The predicted octanol–water partition coefficient (Wildman–Crippen LogP) is 2.58. The van der Waals surface area contributed by atoms with Crippen LogP contribution in [0.25, 0.3) is 0 Å². The fourth-order valence-corrected chi connectivity index (χ4v) is 4.26. The van der Waals surface area contributed by atoms with E-state index in [1.54, 1.807) is 0 Å². The van der Waals surface area contributed by atoms with Gasteiger partial charge in [0.15, 0.2) is 6.04 Å². The van der Waals surface area contributed by atoms with Crippen LogP contribution in [0, 0.1) is 0 Å². The molecule has 3 aromatic rings. The van der Waals surface area contributed by atoms with Gasteiger partial charge in [0.1, 0.15) is 0 Å². The van der Waals surface area contributed by atoms with Crippen LogP contribution in [0.2, 0.25) is 5.02 Å². The molecule has 6 nitrogen and oxygen atoms in total. The van der Waals surface area contributed by atoms with Crippen molar-refractivity contribution in [2.24, 2.45) is 0 Å². The number of nitrogens with zero attached hydrogens (tertiary/aromatic N) is 5. The largest absolute Gasteiger partial charge is 0.360 e. The van der Waals surface area contributed by atoms with Gasteiger partial charge in [0.25, 0.3) is 0 Å². The Labute approximate surface area is 177 Å². The van der Waals surface area contributed by atoms with Gasteiger partial charge in [-0.2, -0.15) is 0 Å². The van der Waals surface area contributed by atoms with Gasteiger partial charge in [0.05, 0.1) is 31.7 Å². The van der Waals surface area contributed by atoms with Crippen LogP contribution < -0.4 is 9.80 Å². The SMILES string of the molecule is CC(C)(C)n1nnnc1[C@H](c1ccccc1)[NH+]1CCN(c2cccc(Cl)c2)CC1. The zero-order valence-electron chi connectivity index (χ0n) is 17.2. The third-order valence-electron chi connectivity index (χ3n) is 5.51. The van der Waals surface area contributed by atoms with Crippen LogP contribution in [0.1, 0.15) is 38.2 Å². The summed E-state index contributed by atoms with van der Waals surface area (Å²) >= 11 is 6.19. The van der Waals surface area contributed by atoms with Gasteiger partial charge in [-0.3, -0.25) is 0 Å². The minimum atomic E-state index is -0.173. The molecule has 0 spiro atoms. The van der Waals surface area contributed by atoms with Gasteiger partial charge in [-0.25, -0.2) is 4.68 Å². The molecule has 0 unspecified atom stereocenters. The summed E-state index contributed by atoms with van der Waals surface area (Å²) < 4.78 is 1.97. The van der Waals surface area contributed by atoms with Crippen molar-refractivity contribution in [3.05, 3.63) is 71.0 Å². The number of piperazine rings is 1. The Balaban J connectivity index is 1.62. The maximum Gasteiger partial charge on any atom is 0.214 e. The maximum atomic E-state index is 6.19. The minimum absolute atomic E-state index is 0.104. The lowest BCUT2D eigenvalue weighted by Crippen LogP contribution is -3.15. The molecule has 2 aromatic carbocycles. The van der Waals surface area contributed by atoms with Crippen LogP contribution in [-0.4, -0.2) is 46.4 Å². The lowest BCUT2D eigenvalue weighted by Gasteiger charge is -2.37. The normalized spacial score (nSPS) is 16.8. The molecular weight excluding hydrogens is 384 g/mol. The predicted molar refractivity (Wildman–Crippen MR) is 115 cm³/mol. The molecule has 29 heavy (non-hydrogen) atoms. The highest BCUT2D eigenvalue weighted by Crippen LogP contribution is 2.23. The molecule has 4 rings (SSSR count). The lowest BCUT2D eigenvalue weighted by molar-refractivity contribution is -0.927. The first-order valence-electron chi connectivity index (χ1n) is 10.1. The maximum absolute atomic E-state index is 6.19. The first kappa shape index (κ1) is 19.9. The van der Waals surface area contributed by atoms with E-state index >= 15 is 0 Å². The monoisotopic (exact) mass is 411 g/mol. The molecule has 1 atom stereocenters. The fourth-order valence-electron chi connectivity index (χ4n) is 4.08. The number of hydrogen-bond acceptors (Lipinski definition) is 4. The number of benzene rings is 2. The average molecular weight is 412 g/mol. The number of quaternary nitrogens is 1. The molecule has 1 aromatic heterocycles. The summed E-state index contributed by atoms with van der Waals surface area (Å²) in [4.78, 5) is 3.89. The minimum Gasteiger partial charge on any atom is -0.360 e. The van der Waals surface area contributed by atoms with Crippen molar-refractivity contribution in [3.63, 3.8) is 0 Å². The van der Waals surface area contributed by atoms with Crippen molar-refractivity contribution >= 4 is 17.3 Å². The molecule has 2 heterocycles. The molecule has 1 N–H and O–H groups in total. The lowest BCUT2D eigenvalue weighted by atomic mass is 10.0. The molecule has 1 saturated heterocycles. The highest BCUT2D eigenvalue weighted by Gasteiger charge is 2.36. The van der Waals surface area contributed by atoms with E-state index < -0.39 is 0 Å². The van der Waals surface area contributed by atoms with Crippen molar-refractivity contribution in [2.45, 2.75) is 32.4 Å². The zero-order chi connectivity index (χ0) is 20.4. The molecule has 0 saturated carbocycles. The van der Waals surface area contributed by atoms with Crippen molar-refractivity contribution in [3.8, 4) is 0 Å². The Morgan fingerprint density at radius 3 is 2.38 bits per heavy atom. The van der Waals surface area contributed by atoms with Gasteiger partial charge >= 0.3 is 0 Å². The second kappa shape index (κ2) is 8.13. The first-order chi connectivity index (χ1) is 13.9. The van der Waals surface area contributed by atoms with Gasteiger partial charge in [0, 0.05) is 16.3 Å². The van der Waals surface area contributed by atoms with E-state index in [1.165, 1.54) is 16.2 Å². The van der Waals surface area contributed by atoms with Crippen LogP contribution in [0.15, 0.2) is 54.6 Å². The van der Waals surface area contributed by atoms with Crippen molar-refractivity contribution in [1.29, 1.82) is 0 Å². The van der Waals surface area contributed by atoms with Gasteiger partial charge in [-0.05, 0) is 49.4 Å². The fraction of sp³-hybridized carbons (Fsp3) is 0.409. The van der Waals surface area contributed by atoms with Crippen molar-refractivity contribution in [2.75, 3.05) is 31.1 Å². The van der Waals surface area contributed by atoms with Gasteiger partial charge in [-0.15, -0.1) is 5.10 Å². The number of hydrogen-bond donors (Lipinski definition) is 1. The molecule has 152 valence electrons. The van der Waals surface area contributed by atoms with Gasteiger partial charge in [0.2, 0.25) is 5.82 Å². The van der Waals surface area contributed by atoms with E-state index in [0.717, 1.165) is 37.0 Å².